The van der Waals surface area contributed by atoms with E-state index in [9.17, 15) is 4.79 Å². The maximum atomic E-state index is 13.2. The number of morpholine rings is 1. The van der Waals surface area contributed by atoms with Gasteiger partial charge in [-0.1, -0.05) is 18.2 Å². The number of hydrogen-bond acceptors (Lipinski definition) is 7. The fourth-order valence-electron chi connectivity index (χ4n) is 5.42. The van der Waals surface area contributed by atoms with Gasteiger partial charge in [-0.05, 0) is 68.4 Å². The fraction of sp³-hybridized carbons (Fsp3) is 0.467. The maximum Gasteiger partial charge on any atom is 0.170 e. The minimum atomic E-state index is 0.0286. The molecule has 1 aliphatic heterocycles. The Balaban J connectivity index is 1.23. The number of carbonyl (C=O) groups is 1. The van der Waals surface area contributed by atoms with E-state index in [1.807, 2.05) is 32.2 Å². The van der Waals surface area contributed by atoms with E-state index in [4.69, 9.17) is 14.5 Å². The highest BCUT2D eigenvalue weighted by Crippen LogP contribution is 2.30. The summed E-state index contributed by atoms with van der Waals surface area (Å²) in [6, 6.07) is 6.58. The van der Waals surface area contributed by atoms with Crippen molar-refractivity contribution in [1.29, 1.82) is 0 Å². The first kappa shape index (κ1) is 26.4. The summed E-state index contributed by atoms with van der Waals surface area (Å²) in [6.45, 7) is 10.9. The molecule has 1 aliphatic carbocycles. The minimum Gasteiger partial charge on any atom is -0.379 e. The van der Waals surface area contributed by atoms with E-state index in [0.717, 1.165) is 73.6 Å². The number of allylic oxidation sites excluding steroid dienone is 1. The summed E-state index contributed by atoms with van der Waals surface area (Å²) >= 11 is 0. The van der Waals surface area contributed by atoms with Crippen LogP contribution < -0.4 is 0 Å². The molecule has 5 rings (SSSR count). The Kier molecular flexibility index (Phi) is 8.42. The molecular weight excluding hydrogens is 478 g/mol. The van der Waals surface area contributed by atoms with Crippen LogP contribution in [0.2, 0.25) is 0 Å². The van der Waals surface area contributed by atoms with Gasteiger partial charge in [-0.3, -0.25) is 14.7 Å². The Bertz CT molecular complexity index is 1290. The molecule has 1 unspecified atom stereocenters. The van der Waals surface area contributed by atoms with Gasteiger partial charge in [-0.15, -0.1) is 0 Å². The van der Waals surface area contributed by atoms with Crippen molar-refractivity contribution in [3.63, 3.8) is 0 Å². The third-order valence-corrected chi connectivity index (χ3v) is 7.56. The summed E-state index contributed by atoms with van der Waals surface area (Å²) in [5.41, 5.74) is 6.81. The SMILES string of the molecule is CCOCc1ccc(-n2ncc(C(=O)Cc3cnc(C4=CCC(N5CCOCC5)CC4)c(C)c3)c2C)nc1. The van der Waals surface area contributed by atoms with Gasteiger partial charge in [0.25, 0.3) is 0 Å². The van der Waals surface area contributed by atoms with Gasteiger partial charge in [0.1, 0.15) is 0 Å². The van der Waals surface area contributed by atoms with Crippen molar-refractivity contribution in [3.8, 4) is 5.82 Å². The van der Waals surface area contributed by atoms with Crippen LogP contribution in [0.25, 0.3) is 11.4 Å². The summed E-state index contributed by atoms with van der Waals surface area (Å²) in [6.07, 6.45) is 11.2. The summed E-state index contributed by atoms with van der Waals surface area (Å²) in [7, 11) is 0. The summed E-state index contributed by atoms with van der Waals surface area (Å²) < 4.78 is 12.7. The standard InChI is InChI=1S/C30H37N5O3/c1-4-37-20-23-5-10-29(31-17-23)35-22(3)27(19-33-35)28(36)16-24-15-21(2)30(32-18-24)25-6-8-26(9-7-25)34-11-13-38-14-12-34/h5-6,10,15,17-19,26H,4,7-9,11-14,16,20H2,1-3H3. The van der Waals surface area contributed by atoms with Gasteiger partial charge in [0, 0.05) is 44.6 Å². The molecule has 8 nitrogen and oxygen atoms in total. The van der Waals surface area contributed by atoms with E-state index in [1.54, 1.807) is 17.1 Å². The van der Waals surface area contributed by atoms with Crippen LogP contribution in [0, 0.1) is 13.8 Å². The zero-order valence-corrected chi connectivity index (χ0v) is 22.7. The van der Waals surface area contributed by atoms with E-state index >= 15 is 0 Å². The molecule has 8 heteroatoms. The zero-order valence-electron chi connectivity index (χ0n) is 22.7. The molecule has 3 aromatic rings. The average Bonchev–Trinajstić information content (AvgIpc) is 3.34. The Morgan fingerprint density at radius 3 is 2.61 bits per heavy atom. The number of Topliss-reactive ketones (excluding diaryl/α,β-unsaturated/α-hetero) is 1. The van der Waals surface area contributed by atoms with Crippen LogP contribution in [-0.2, 0) is 22.5 Å². The zero-order chi connectivity index (χ0) is 26.5. The van der Waals surface area contributed by atoms with Crippen LogP contribution in [0.1, 0.15) is 64.6 Å². The number of ether oxygens (including phenoxy) is 2. The number of aromatic nitrogens is 4. The summed E-state index contributed by atoms with van der Waals surface area (Å²) in [5, 5.41) is 4.44. The van der Waals surface area contributed by atoms with Crippen LogP contribution in [0.3, 0.4) is 0 Å². The molecule has 0 spiro atoms. The van der Waals surface area contributed by atoms with Crippen LogP contribution in [0.15, 0.2) is 42.9 Å². The van der Waals surface area contributed by atoms with E-state index in [0.29, 0.717) is 37.1 Å². The fourth-order valence-corrected chi connectivity index (χ4v) is 5.42. The second kappa shape index (κ2) is 12.1. The number of carbonyl (C=O) groups excluding carboxylic acids is 1. The normalized spacial score (nSPS) is 18.4. The van der Waals surface area contributed by atoms with Crippen molar-refractivity contribution in [2.45, 2.75) is 59.1 Å². The monoisotopic (exact) mass is 515 g/mol. The number of ketones is 1. The third kappa shape index (κ3) is 5.93. The van der Waals surface area contributed by atoms with Crippen molar-refractivity contribution < 1.29 is 14.3 Å². The highest BCUT2D eigenvalue weighted by Gasteiger charge is 2.24. The molecule has 38 heavy (non-hydrogen) atoms. The molecule has 1 atom stereocenters. The number of hydrogen-bond donors (Lipinski definition) is 0. The molecule has 1 saturated heterocycles. The number of pyridine rings is 2. The molecule has 4 heterocycles. The largest absolute Gasteiger partial charge is 0.379 e. The average molecular weight is 516 g/mol. The molecule has 200 valence electrons. The highest BCUT2D eigenvalue weighted by molar-refractivity contribution is 5.98. The van der Waals surface area contributed by atoms with Crippen LogP contribution >= 0.6 is 0 Å². The second-order valence-electron chi connectivity index (χ2n) is 10.1. The molecule has 0 bridgehead atoms. The Hall–Kier alpha value is -3.20. The minimum absolute atomic E-state index is 0.0286. The first-order valence-corrected chi connectivity index (χ1v) is 13.6. The molecule has 0 aromatic carbocycles. The molecular formula is C30H37N5O3. The third-order valence-electron chi connectivity index (χ3n) is 7.56. The Morgan fingerprint density at radius 1 is 1.11 bits per heavy atom. The predicted octanol–water partition coefficient (Wildman–Crippen LogP) is 4.51. The summed E-state index contributed by atoms with van der Waals surface area (Å²) in [4.78, 5) is 25.0. The lowest BCUT2D eigenvalue weighted by Gasteiger charge is -2.36. The van der Waals surface area contributed by atoms with Crippen molar-refractivity contribution in [2.75, 3.05) is 32.9 Å². The van der Waals surface area contributed by atoms with E-state index in [1.165, 1.54) is 5.57 Å². The van der Waals surface area contributed by atoms with Gasteiger partial charge in [-0.2, -0.15) is 5.10 Å². The first-order valence-electron chi connectivity index (χ1n) is 13.6. The van der Waals surface area contributed by atoms with E-state index in [-0.39, 0.29) is 5.78 Å². The number of nitrogens with zero attached hydrogens (tertiary/aromatic N) is 5. The second-order valence-corrected chi connectivity index (χ2v) is 10.1. The van der Waals surface area contributed by atoms with Gasteiger partial charge in [0.05, 0.1) is 43.0 Å². The molecule has 0 saturated carbocycles. The van der Waals surface area contributed by atoms with Crippen LogP contribution in [0.4, 0.5) is 0 Å². The first-order chi connectivity index (χ1) is 18.5. The molecule has 0 radical (unpaired) electrons. The quantitative estimate of drug-likeness (QED) is 0.388. The van der Waals surface area contributed by atoms with Crippen LogP contribution in [0.5, 0.6) is 0 Å². The Labute approximate surface area is 224 Å². The summed E-state index contributed by atoms with van der Waals surface area (Å²) in [5.74, 6) is 0.709. The predicted molar refractivity (Wildman–Crippen MR) is 146 cm³/mol. The van der Waals surface area contributed by atoms with Gasteiger partial charge >= 0.3 is 0 Å². The lowest BCUT2D eigenvalue weighted by molar-refractivity contribution is 0.0150. The van der Waals surface area contributed by atoms with Crippen molar-refractivity contribution >= 4 is 11.4 Å². The lowest BCUT2D eigenvalue weighted by atomic mass is 9.90. The number of rotatable bonds is 9. The number of aryl methyl sites for hydroxylation is 1. The molecule has 0 N–H and O–H groups in total. The van der Waals surface area contributed by atoms with E-state index in [2.05, 4.69) is 34.0 Å². The van der Waals surface area contributed by atoms with Gasteiger partial charge in [0.2, 0.25) is 0 Å². The van der Waals surface area contributed by atoms with Gasteiger partial charge in [0.15, 0.2) is 11.6 Å². The Morgan fingerprint density at radius 2 is 1.92 bits per heavy atom. The van der Waals surface area contributed by atoms with Crippen molar-refractivity contribution in [3.05, 3.63) is 76.5 Å². The molecule has 0 amide bonds. The maximum absolute atomic E-state index is 13.2. The molecule has 2 aliphatic rings. The van der Waals surface area contributed by atoms with Gasteiger partial charge in [-0.25, -0.2) is 9.67 Å². The highest BCUT2D eigenvalue weighted by atomic mass is 16.5. The van der Waals surface area contributed by atoms with Gasteiger partial charge < -0.3 is 9.47 Å². The van der Waals surface area contributed by atoms with Crippen LogP contribution in [-0.4, -0.2) is 69.4 Å². The van der Waals surface area contributed by atoms with Crippen molar-refractivity contribution in [1.82, 2.24) is 24.6 Å². The topological polar surface area (TPSA) is 82.4 Å². The smallest absolute Gasteiger partial charge is 0.170 e. The molecule has 1 fully saturated rings. The lowest BCUT2D eigenvalue weighted by Crippen LogP contribution is -2.43. The molecule has 3 aromatic heterocycles. The van der Waals surface area contributed by atoms with E-state index < -0.39 is 0 Å². The van der Waals surface area contributed by atoms with Crippen molar-refractivity contribution in [2.24, 2.45) is 0 Å².